The monoisotopic (exact) mass is 503 g/mol. The number of carbonyl (C=O) groups excluding carboxylic acids is 2. The Morgan fingerprint density at radius 2 is 1.69 bits per heavy atom. The van der Waals surface area contributed by atoms with Crippen molar-refractivity contribution in [2.45, 2.75) is 32.4 Å². The van der Waals surface area contributed by atoms with Crippen LogP contribution in [0, 0.1) is 0 Å². The van der Waals surface area contributed by atoms with Crippen molar-refractivity contribution in [3.8, 4) is 17.2 Å². The second kappa shape index (κ2) is 11.5. The summed E-state index contributed by atoms with van der Waals surface area (Å²) in [4.78, 5) is 27.8. The smallest absolute Gasteiger partial charge is 0.295 e. The number of Topliss-reactive ketones (excluding diaryl/α,β-unsaturated/α-hetero) is 1. The standard InChI is InChI=1S/C26H30ClNO7/c1-15(2)35-12-6-11-28-23(16-7-9-17(32-3)10-8-16)22(25(30)26(28)31)24(29)18-13-21(34-5)19(27)14-20(18)33-4/h7-10,13-15,23,29H,6,11-12H2,1-5H3/b24-22+. The number of ether oxygens (including phenoxy) is 4. The van der Waals surface area contributed by atoms with Gasteiger partial charge in [-0.3, -0.25) is 9.59 Å². The number of carbonyl (C=O) groups is 2. The number of nitrogens with zero attached hydrogens (tertiary/aromatic N) is 1. The molecule has 0 radical (unpaired) electrons. The van der Waals surface area contributed by atoms with Crippen LogP contribution in [0.2, 0.25) is 5.02 Å². The van der Waals surface area contributed by atoms with E-state index in [1.54, 1.807) is 31.4 Å². The predicted octanol–water partition coefficient (Wildman–Crippen LogP) is 4.60. The first-order chi connectivity index (χ1) is 16.7. The van der Waals surface area contributed by atoms with Crippen LogP contribution in [0.4, 0.5) is 0 Å². The zero-order valence-electron chi connectivity index (χ0n) is 20.5. The number of ketones is 1. The van der Waals surface area contributed by atoms with E-state index in [9.17, 15) is 14.7 Å². The number of aliphatic hydroxyl groups is 1. The summed E-state index contributed by atoms with van der Waals surface area (Å²) in [6.45, 7) is 4.55. The number of amides is 1. The van der Waals surface area contributed by atoms with Gasteiger partial charge in [-0.15, -0.1) is 0 Å². The van der Waals surface area contributed by atoms with Gasteiger partial charge in [-0.2, -0.15) is 0 Å². The van der Waals surface area contributed by atoms with Crippen LogP contribution in [0.15, 0.2) is 42.0 Å². The van der Waals surface area contributed by atoms with Gasteiger partial charge in [0.15, 0.2) is 0 Å². The lowest BCUT2D eigenvalue weighted by Gasteiger charge is -2.26. The first kappa shape index (κ1) is 26.4. The van der Waals surface area contributed by atoms with Gasteiger partial charge in [0.25, 0.3) is 11.7 Å². The highest BCUT2D eigenvalue weighted by Crippen LogP contribution is 2.43. The molecule has 0 spiro atoms. The Balaban J connectivity index is 2.13. The summed E-state index contributed by atoms with van der Waals surface area (Å²) in [5, 5.41) is 11.7. The molecule has 188 valence electrons. The lowest BCUT2D eigenvalue weighted by atomic mass is 9.94. The zero-order valence-corrected chi connectivity index (χ0v) is 21.2. The molecule has 1 unspecified atom stereocenters. The number of halogens is 1. The first-order valence-corrected chi connectivity index (χ1v) is 11.6. The summed E-state index contributed by atoms with van der Waals surface area (Å²) in [6, 6.07) is 9.15. The molecule has 1 aliphatic rings. The highest BCUT2D eigenvalue weighted by atomic mass is 35.5. The Morgan fingerprint density at radius 3 is 2.26 bits per heavy atom. The Kier molecular flexibility index (Phi) is 8.64. The molecule has 9 heteroatoms. The van der Waals surface area contributed by atoms with Crippen LogP contribution in [-0.4, -0.2) is 62.3 Å². The lowest BCUT2D eigenvalue weighted by Crippen LogP contribution is -2.31. The van der Waals surface area contributed by atoms with Crippen LogP contribution in [0.5, 0.6) is 17.2 Å². The molecule has 1 atom stereocenters. The van der Waals surface area contributed by atoms with Gasteiger partial charge < -0.3 is 29.0 Å². The fourth-order valence-electron chi connectivity index (χ4n) is 3.99. The molecule has 3 rings (SSSR count). The topological polar surface area (TPSA) is 94.5 Å². The van der Waals surface area contributed by atoms with Crippen molar-refractivity contribution in [2.24, 2.45) is 0 Å². The Morgan fingerprint density at radius 1 is 1.03 bits per heavy atom. The van der Waals surface area contributed by atoms with E-state index in [1.807, 2.05) is 13.8 Å². The third kappa shape index (κ3) is 5.55. The van der Waals surface area contributed by atoms with Crippen molar-refractivity contribution >= 4 is 29.1 Å². The van der Waals surface area contributed by atoms with E-state index in [4.69, 9.17) is 30.5 Å². The maximum Gasteiger partial charge on any atom is 0.295 e. The molecular weight excluding hydrogens is 474 g/mol. The van der Waals surface area contributed by atoms with Gasteiger partial charge >= 0.3 is 0 Å². The lowest BCUT2D eigenvalue weighted by molar-refractivity contribution is -0.140. The number of likely N-dealkylation sites (tertiary alicyclic amines) is 1. The molecule has 2 aromatic rings. The van der Waals surface area contributed by atoms with Gasteiger partial charge in [-0.25, -0.2) is 0 Å². The first-order valence-electron chi connectivity index (χ1n) is 11.2. The van der Waals surface area contributed by atoms with Crippen LogP contribution >= 0.6 is 11.6 Å². The Bertz CT molecular complexity index is 1110. The minimum Gasteiger partial charge on any atom is -0.507 e. The van der Waals surface area contributed by atoms with Crippen molar-refractivity contribution in [2.75, 3.05) is 34.5 Å². The summed E-state index contributed by atoms with van der Waals surface area (Å²) in [7, 11) is 4.41. The highest BCUT2D eigenvalue weighted by molar-refractivity contribution is 6.46. The van der Waals surface area contributed by atoms with Crippen molar-refractivity contribution in [3.05, 3.63) is 58.1 Å². The summed E-state index contributed by atoms with van der Waals surface area (Å²) in [6.07, 6.45) is 0.575. The zero-order chi connectivity index (χ0) is 25.7. The van der Waals surface area contributed by atoms with E-state index >= 15 is 0 Å². The molecule has 1 N–H and O–H groups in total. The molecule has 0 aromatic heterocycles. The van der Waals surface area contributed by atoms with Crippen LogP contribution in [-0.2, 0) is 14.3 Å². The molecule has 8 nitrogen and oxygen atoms in total. The van der Waals surface area contributed by atoms with Crippen molar-refractivity contribution in [1.29, 1.82) is 0 Å². The van der Waals surface area contributed by atoms with E-state index in [0.717, 1.165) is 0 Å². The van der Waals surface area contributed by atoms with Gasteiger partial charge in [0.1, 0.15) is 23.0 Å². The molecule has 1 fully saturated rings. The summed E-state index contributed by atoms with van der Waals surface area (Å²) in [5.74, 6) is -0.716. The molecule has 1 heterocycles. The van der Waals surface area contributed by atoms with E-state index in [-0.39, 0.29) is 46.1 Å². The average molecular weight is 504 g/mol. The summed E-state index contributed by atoms with van der Waals surface area (Å²) in [5.41, 5.74) is 0.789. The van der Waals surface area contributed by atoms with Crippen molar-refractivity contribution < 1.29 is 33.6 Å². The number of aliphatic hydroxyl groups excluding tert-OH is 1. The van der Waals surface area contributed by atoms with Gasteiger partial charge in [0.2, 0.25) is 0 Å². The molecule has 0 saturated carbocycles. The van der Waals surface area contributed by atoms with E-state index in [0.29, 0.717) is 24.3 Å². The average Bonchev–Trinajstić information content (AvgIpc) is 3.10. The van der Waals surface area contributed by atoms with Crippen LogP contribution in [0.3, 0.4) is 0 Å². The fourth-order valence-corrected chi connectivity index (χ4v) is 4.22. The van der Waals surface area contributed by atoms with Crippen molar-refractivity contribution in [1.82, 2.24) is 4.90 Å². The van der Waals surface area contributed by atoms with Gasteiger partial charge in [0.05, 0.1) is 49.6 Å². The van der Waals surface area contributed by atoms with Gasteiger partial charge in [-0.1, -0.05) is 23.7 Å². The minimum absolute atomic E-state index is 0.0485. The van der Waals surface area contributed by atoms with E-state index < -0.39 is 17.7 Å². The third-order valence-corrected chi connectivity index (χ3v) is 5.99. The number of hydrogen-bond acceptors (Lipinski definition) is 7. The maximum atomic E-state index is 13.2. The quantitative estimate of drug-likeness (QED) is 0.219. The Labute approximate surface area is 210 Å². The molecule has 0 aliphatic carbocycles. The molecule has 1 aliphatic heterocycles. The SMILES string of the molecule is COc1ccc(C2/C(=C(\O)c3cc(OC)c(Cl)cc3OC)C(=O)C(=O)N2CCCOC(C)C)cc1. The predicted molar refractivity (Wildman–Crippen MR) is 132 cm³/mol. The molecule has 35 heavy (non-hydrogen) atoms. The molecule has 0 bridgehead atoms. The summed E-state index contributed by atoms with van der Waals surface area (Å²) >= 11 is 6.21. The number of rotatable bonds is 10. The second-order valence-corrected chi connectivity index (χ2v) is 8.63. The normalized spacial score (nSPS) is 17.2. The second-order valence-electron chi connectivity index (χ2n) is 8.23. The van der Waals surface area contributed by atoms with E-state index in [2.05, 4.69) is 0 Å². The minimum atomic E-state index is -0.814. The van der Waals surface area contributed by atoms with Crippen LogP contribution in [0.1, 0.15) is 37.4 Å². The molecule has 1 saturated heterocycles. The summed E-state index contributed by atoms with van der Waals surface area (Å²) < 4.78 is 21.5. The molecular formula is C26H30ClNO7. The fraction of sp³-hybridized carbons (Fsp3) is 0.385. The largest absolute Gasteiger partial charge is 0.507 e. The third-order valence-electron chi connectivity index (χ3n) is 5.70. The van der Waals surface area contributed by atoms with Gasteiger partial charge in [-0.05, 0) is 44.0 Å². The highest BCUT2D eigenvalue weighted by Gasteiger charge is 2.46. The molecule has 2 aromatic carbocycles. The Hall–Kier alpha value is -3.23. The van der Waals surface area contributed by atoms with Crippen LogP contribution < -0.4 is 14.2 Å². The number of methoxy groups -OCH3 is 3. The van der Waals surface area contributed by atoms with Crippen molar-refractivity contribution in [3.63, 3.8) is 0 Å². The number of benzene rings is 2. The van der Waals surface area contributed by atoms with Gasteiger partial charge in [0, 0.05) is 19.2 Å². The number of hydrogen-bond donors (Lipinski definition) is 1. The van der Waals surface area contributed by atoms with E-state index in [1.165, 1.54) is 31.3 Å². The molecule has 1 amide bonds. The van der Waals surface area contributed by atoms with Crippen LogP contribution in [0.25, 0.3) is 5.76 Å². The maximum absolute atomic E-state index is 13.2.